The Kier molecular flexibility index (Phi) is 5.11. The number of aromatic nitrogens is 2. The Morgan fingerprint density at radius 2 is 1.64 bits per heavy atom. The predicted octanol–water partition coefficient (Wildman–Crippen LogP) is 4.83. The monoisotopic (exact) mass is 353 g/mol. The molecule has 0 bridgehead atoms. The number of hydrogen-bond acceptors (Lipinski definition) is 4. The van der Waals surface area contributed by atoms with E-state index >= 15 is 0 Å². The molecule has 0 spiro atoms. The molecule has 0 aliphatic carbocycles. The molecular weight excluding hydrogens is 338 g/mol. The van der Waals surface area contributed by atoms with Crippen molar-refractivity contribution in [2.24, 2.45) is 0 Å². The lowest BCUT2D eigenvalue weighted by molar-refractivity contribution is 0.262. The normalized spacial score (nSPS) is 10.2. The highest BCUT2D eigenvalue weighted by Gasteiger charge is 2.04. The SMILES string of the molecule is Cc1cc(Nc2ccc(NC(=O)Nc3cccc(Cl)c3)cc2)ncn1. The van der Waals surface area contributed by atoms with Crippen LogP contribution >= 0.6 is 11.6 Å². The van der Waals surface area contributed by atoms with Crippen LogP contribution in [0.3, 0.4) is 0 Å². The van der Waals surface area contributed by atoms with Gasteiger partial charge in [0.2, 0.25) is 0 Å². The number of carbonyl (C=O) groups is 1. The van der Waals surface area contributed by atoms with Crippen LogP contribution in [0.15, 0.2) is 60.9 Å². The number of urea groups is 1. The largest absolute Gasteiger partial charge is 0.340 e. The third-order valence-corrected chi connectivity index (χ3v) is 3.54. The Hall–Kier alpha value is -3.12. The molecule has 0 unspecified atom stereocenters. The first-order chi connectivity index (χ1) is 12.1. The van der Waals surface area contributed by atoms with Crippen molar-refractivity contribution in [3.8, 4) is 0 Å². The molecule has 126 valence electrons. The second-order valence-corrected chi connectivity index (χ2v) is 5.77. The summed E-state index contributed by atoms with van der Waals surface area (Å²) in [5.41, 5.74) is 3.04. The number of nitrogens with one attached hydrogen (secondary N) is 3. The van der Waals surface area contributed by atoms with Gasteiger partial charge in [0.15, 0.2) is 0 Å². The molecule has 2 amide bonds. The molecule has 6 nitrogen and oxygen atoms in total. The van der Waals surface area contributed by atoms with Gasteiger partial charge in [0.25, 0.3) is 0 Å². The number of hydrogen-bond donors (Lipinski definition) is 3. The maximum Gasteiger partial charge on any atom is 0.323 e. The van der Waals surface area contributed by atoms with Gasteiger partial charge in [-0.25, -0.2) is 14.8 Å². The lowest BCUT2D eigenvalue weighted by Gasteiger charge is -2.09. The van der Waals surface area contributed by atoms with Crippen LogP contribution in [-0.4, -0.2) is 16.0 Å². The number of rotatable bonds is 4. The van der Waals surface area contributed by atoms with Crippen molar-refractivity contribution in [2.45, 2.75) is 6.92 Å². The standard InChI is InChI=1S/C18H16ClN5O/c1-12-9-17(21-11-20-12)22-14-5-7-15(8-6-14)23-18(25)24-16-4-2-3-13(19)10-16/h2-11H,1H3,(H,20,21,22)(H2,23,24,25). The molecule has 0 aliphatic heterocycles. The summed E-state index contributed by atoms with van der Waals surface area (Å²) in [5.74, 6) is 0.715. The lowest BCUT2D eigenvalue weighted by Crippen LogP contribution is -2.19. The molecule has 0 fully saturated rings. The van der Waals surface area contributed by atoms with E-state index in [9.17, 15) is 4.79 Å². The number of benzene rings is 2. The van der Waals surface area contributed by atoms with Gasteiger partial charge in [0.05, 0.1) is 0 Å². The zero-order valence-corrected chi connectivity index (χ0v) is 14.2. The first-order valence-corrected chi connectivity index (χ1v) is 7.95. The topological polar surface area (TPSA) is 78.9 Å². The summed E-state index contributed by atoms with van der Waals surface area (Å²) in [6.45, 7) is 1.90. The van der Waals surface area contributed by atoms with Crippen LogP contribution in [0.25, 0.3) is 0 Å². The van der Waals surface area contributed by atoms with Crippen molar-refractivity contribution in [3.05, 3.63) is 71.6 Å². The van der Waals surface area contributed by atoms with Crippen molar-refractivity contribution in [1.29, 1.82) is 0 Å². The smallest absolute Gasteiger partial charge is 0.323 e. The van der Waals surface area contributed by atoms with Gasteiger partial charge >= 0.3 is 6.03 Å². The zero-order valence-electron chi connectivity index (χ0n) is 13.5. The summed E-state index contributed by atoms with van der Waals surface area (Å²) >= 11 is 5.89. The minimum absolute atomic E-state index is 0.339. The molecule has 0 radical (unpaired) electrons. The number of nitrogens with zero attached hydrogens (tertiary/aromatic N) is 2. The van der Waals surface area contributed by atoms with Gasteiger partial charge in [-0.15, -0.1) is 0 Å². The van der Waals surface area contributed by atoms with Gasteiger partial charge in [-0.05, 0) is 49.4 Å². The Morgan fingerprint density at radius 1 is 0.920 bits per heavy atom. The second kappa shape index (κ2) is 7.63. The predicted molar refractivity (Wildman–Crippen MR) is 101 cm³/mol. The van der Waals surface area contributed by atoms with Crippen LogP contribution in [0.4, 0.5) is 27.7 Å². The fourth-order valence-corrected chi connectivity index (χ4v) is 2.36. The molecule has 0 aliphatic rings. The maximum atomic E-state index is 12.0. The Bertz CT molecular complexity index is 883. The van der Waals surface area contributed by atoms with Crippen molar-refractivity contribution in [3.63, 3.8) is 0 Å². The third kappa shape index (κ3) is 4.92. The minimum Gasteiger partial charge on any atom is -0.340 e. The van der Waals surface area contributed by atoms with Gasteiger partial charge in [-0.1, -0.05) is 17.7 Å². The van der Waals surface area contributed by atoms with Gasteiger partial charge in [-0.3, -0.25) is 0 Å². The van der Waals surface area contributed by atoms with Crippen LogP contribution in [0.2, 0.25) is 5.02 Å². The third-order valence-electron chi connectivity index (χ3n) is 3.30. The Balaban J connectivity index is 1.59. The second-order valence-electron chi connectivity index (χ2n) is 5.34. The van der Waals surface area contributed by atoms with E-state index in [0.717, 1.165) is 11.4 Å². The van der Waals surface area contributed by atoms with E-state index in [1.165, 1.54) is 6.33 Å². The summed E-state index contributed by atoms with van der Waals surface area (Å²) in [6.07, 6.45) is 1.51. The molecule has 3 N–H and O–H groups in total. The van der Waals surface area contributed by atoms with Crippen LogP contribution in [-0.2, 0) is 0 Å². The lowest BCUT2D eigenvalue weighted by atomic mass is 10.2. The molecular formula is C18H16ClN5O. The summed E-state index contributed by atoms with van der Waals surface area (Å²) in [6, 6.07) is 15.8. The van der Waals surface area contributed by atoms with Crippen LogP contribution in [0.5, 0.6) is 0 Å². The van der Waals surface area contributed by atoms with Crippen molar-refractivity contribution >= 4 is 40.5 Å². The molecule has 3 aromatic rings. The van der Waals surface area contributed by atoms with E-state index in [4.69, 9.17) is 11.6 Å². The van der Waals surface area contributed by atoms with Crippen molar-refractivity contribution in [1.82, 2.24) is 9.97 Å². The quantitative estimate of drug-likeness (QED) is 0.628. The number of aryl methyl sites for hydroxylation is 1. The molecule has 3 rings (SSSR count). The number of amides is 2. The Labute approximate surface area is 150 Å². The maximum absolute atomic E-state index is 12.0. The van der Waals surface area contributed by atoms with E-state index in [1.807, 2.05) is 25.1 Å². The summed E-state index contributed by atoms with van der Waals surface area (Å²) in [7, 11) is 0. The molecule has 25 heavy (non-hydrogen) atoms. The van der Waals surface area contributed by atoms with E-state index in [2.05, 4.69) is 25.9 Å². The fraction of sp³-hybridized carbons (Fsp3) is 0.0556. The van der Waals surface area contributed by atoms with E-state index < -0.39 is 0 Å². The van der Waals surface area contributed by atoms with Gasteiger partial charge < -0.3 is 16.0 Å². The molecule has 1 aromatic heterocycles. The van der Waals surface area contributed by atoms with Crippen molar-refractivity contribution < 1.29 is 4.79 Å². The average Bonchev–Trinajstić information content (AvgIpc) is 2.57. The average molecular weight is 354 g/mol. The van der Waals surface area contributed by atoms with Crippen LogP contribution in [0.1, 0.15) is 5.69 Å². The molecule has 7 heteroatoms. The number of carbonyl (C=O) groups excluding carboxylic acids is 1. The summed E-state index contributed by atoms with van der Waals surface area (Å²) in [5, 5.41) is 9.23. The van der Waals surface area contributed by atoms with E-state index in [-0.39, 0.29) is 6.03 Å². The van der Waals surface area contributed by atoms with Crippen LogP contribution in [0, 0.1) is 6.92 Å². The highest BCUT2D eigenvalue weighted by atomic mass is 35.5. The molecule has 0 atom stereocenters. The highest BCUT2D eigenvalue weighted by molar-refractivity contribution is 6.30. The molecule has 2 aromatic carbocycles. The van der Waals surface area contributed by atoms with Crippen LogP contribution < -0.4 is 16.0 Å². The van der Waals surface area contributed by atoms with Crippen molar-refractivity contribution in [2.75, 3.05) is 16.0 Å². The molecule has 0 saturated carbocycles. The first-order valence-electron chi connectivity index (χ1n) is 7.58. The summed E-state index contributed by atoms with van der Waals surface area (Å²) in [4.78, 5) is 20.2. The highest BCUT2D eigenvalue weighted by Crippen LogP contribution is 2.19. The number of halogens is 1. The first kappa shape index (κ1) is 16.7. The van der Waals surface area contributed by atoms with Gasteiger partial charge in [0.1, 0.15) is 12.1 Å². The number of anilines is 4. The Morgan fingerprint density at radius 3 is 2.36 bits per heavy atom. The minimum atomic E-state index is -0.339. The molecule has 0 saturated heterocycles. The fourth-order valence-electron chi connectivity index (χ4n) is 2.17. The zero-order chi connectivity index (χ0) is 17.6. The van der Waals surface area contributed by atoms with Gasteiger partial charge in [-0.2, -0.15) is 0 Å². The summed E-state index contributed by atoms with van der Waals surface area (Å²) < 4.78 is 0. The van der Waals surface area contributed by atoms with Gasteiger partial charge in [0, 0.05) is 33.8 Å². The van der Waals surface area contributed by atoms with E-state index in [0.29, 0.717) is 22.2 Å². The molecule has 1 heterocycles. The van der Waals surface area contributed by atoms with E-state index in [1.54, 1.807) is 36.4 Å².